The third-order valence-electron chi connectivity index (χ3n) is 2.34. The minimum atomic E-state index is -0.229. The van der Waals surface area contributed by atoms with Crippen LogP contribution >= 0.6 is 0 Å². The maximum Gasteiger partial charge on any atom is 0.410 e. The zero-order chi connectivity index (χ0) is 11.8. The number of hydrogen-bond donors (Lipinski definition) is 0. The van der Waals surface area contributed by atoms with Crippen LogP contribution in [-0.4, -0.2) is 24.1 Å². The Hall–Kier alpha value is -1.51. The van der Waals surface area contributed by atoms with Gasteiger partial charge in [-0.15, -0.1) is 0 Å². The van der Waals surface area contributed by atoms with Crippen LogP contribution in [0.1, 0.15) is 25.8 Å². The summed E-state index contributed by atoms with van der Waals surface area (Å²) >= 11 is 0. The first-order chi connectivity index (χ1) is 7.77. The van der Waals surface area contributed by atoms with Crippen molar-refractivity contribution in [3.63, 3.8) is 0 Å². The second kappa shape index (κ2) is 6.88. The molecule has 1 amide bonds. The summed E-state index contributed by atoms with van der Waals surface area (Å²) in [5.74, 6) is 0. The van der Waals surface area contributed by atoms with Crippen molar-refractivity contribution < 1.29 is 9.53 Å². The zero-order valence-electron chi connectivity index (χ0n) is 9.98. The molecule has 1 aromatic rings. The molecule has 0 saturated heterocycles. The molecule has 0 bridgehead atoms. The van der Waals surface area contributed by atoms with E-state index < -0.39 is 0 Å². The van der Waals surface area contributed by atoms with Crippen molar-refractivity contribution in [2.75, 3.05) is 13.1 Å². The Morgan fingerprint density at radius 1 is 1.25 bits per heavy atom. The number of rotatable bonds is 5. The Bertz CT molecular complexity index is 311. The standard InChI is InChI=1S/C13H19NO2/c1-3-10-14(4-2)13(15)16-11-12-8-6-5-7-9-12/h5-9H,3-4,10-11H2,1-2H3. The van der Waals surface area contributed by atoms with Gasteiger partial charge in [-0.25, -0.2) is 4.79 Å². The van der Waals surface area contributed by atoms with Crippen molar-refractivity contribution in [2.24, 2.45) is 0 Å². The van der Waals surface area contributed by atoms with Crippen LogP contribution in [0.2, 0.25) is 0 Å². The number of benzene rings is 1. The van der Waals surface area contributed by atoms with E-state index in [-0.39, 0.29) is 6.09 Å². The van der Waals surface area contributed by atoms with E-state index in [0.29, 0.717) is 13.2 Å². The van der Waals surface area contributed by atoms with Crippen molar-refractivity contribution in [1.29, 1.82) is 0 Å². The highest BCUT2D eigenvalue weighted by Crippen LogP contribution is 2.03. The third-order valence-corrected chi connectivity index (χ3v) is 2.34. The fourth-order valence-electron chi connectivity index (χ4n) is 1.46. The molecule has 0 N–H and O–H groups in total. The van der Waals surface area contributed by atoms with Crippen molar-refractivity contribution in [3.8, 4) is 0 Å². The number of nitrogens with zero attached hydrogens (tertiary/aromatic N) is 1. The lowest BCUT2D eigenvalue weighted by atomic mass is 10.2. The van der Waals surface area contributed by atoms with E-state index in [2.05, 4.69) is 0 Å². The van der Waals surface area contributed by atoms with Gasteiger partial charge in [0.1, 0.15) is 6.61 Å². The van der Waals surface area contributed by atoms with Crippen molar-refractivity contribution >= 4 is 6.09 Å². The lowest BCUT2D eigenvalue weighted by Crippen LogP contribution is -2.31. The molecular formula is C13H19NO2. The molecule has 0 spiro atoms. The molecule has 0 saturated carbocycles. The van der Waals surface area contributed by atoms with Gasteiger partial charge in [0, 0.05) is 13.1 Å². The molecule has 0 heterocycles. The molecule has 1 aromatic carbocycles. The molecule has 0 unspecified atom stereocenters. The van der Waals surface area contributed by atoms with Crippen molar-refractivity contribution in [1.82, 2.24) is 4.90 Å². The summed E-state index contributed by atoms with van der Waals surface area (Å²) in [5, 5.41) is 0. The SMILES string of the molecule is CCCN(CC)C(=O)OCc1ccccc1. The number of ether oxygens (including phenoxy) is 1. The van der Waals surface area contributed by atoms with Crippen molar-refractivity contribution in [2.45, 2.75) is 26.9 Å². The number of hydrogen-bond acceptors (Lipinski definition) is 2. The van der Waals surface area contributed by atoms with Gasteiger partial charge >= 0.3 is 6.09 Å². The molecule has 16 heavy (non-hydrogen) atoms. The summed E-state index contributed by atoms with van der Waals surface area (Å²) in [5.41, 5.74) is 1.02. The highest BCUT2D eigenvalue weighted by atomic mass is 16.6. The first kappa shape index (κ1) is 12.6. The Morgan fingerprint density at radius 3 is 2.50 bits per heavy atom. The Kier molecular flexibility index (Phi) is 5.40. The predicted octanol–water partition coefficient (Wildman–Crippen LogP) is 3.06. The van der Waals surface area contributed by atoms with E-state index >= 15 is 0 Å². The number of carbonyl (C=O) groups excluding carboxylic acids is 1. The molecule has 1 rings (SSSR count). The molecular weight excluding hydrogens is 202 g/mol. The number of carbonyl (C=O) groups is 1. The van der Waals surface area contributed by atoms with Crippen LogP contribution in [0.15, 0.2) is 30.3 Å². The highest BCUT2D eigenvalue weighted by Gasteiger charge is 2.11. The summed E-state index contributed by atoms with van der Waals surface area (Å²) in [6.45, 7) is 5.80. The van der Waals surface area contributed by atoms with Gasteiger partial charge < -0.3 is 9.64 Å². The van der Waals surface area contributed by atoms with E-state index in [4.69, 9.17) is 4.74 Å². The monoisotopic (exact) mass is 221 g/mol. The van der Waals surface area contributed by atoms with Crippen LogP contribution in [0, 0.1) is 0 Å². The maximum absolute atomic E-state index is 11.6. The lowest BCUT2D eigenvalue weighted by molar-refractivity contribution is 0.0980. The van der Waals surface area contributed by atoms with Gasteiger partial charge in [0.2, 0.25) is 0 Å². The molecule has 88 valence electrons. The molecule has 3 heteroatoms. The van der Waals surface area contributed by atoms with Gasteiger partial charge in [0.05, 0.1) is 0 Å². The quantitative estimate of drug-likeness (QED) is 0.764. The molecule has 0 atom stereocenters. The first-order valence-electron chi connectivity index (χ1n) is 5.73. The van der Waals surface area contributed by atoms with Gasteiger partial charge in [-0.3, -0.25) is 0 Å². The molecule has 0 aliphatic carbocycles. The smallest absolute Gasteiger partial charge is 0.410 e. The molecule has 0 aliphatic heterocycles. The Balaban J connectivity index is 2.40. The van der Waals surface area contributed by atoms with Crippen LogP contribution < -0.4 is 0 Å². The Labute approximate surface area is 97.0 Å². The molecule has 0 radical (unpaired) electrons. The summed E-state index contributed by atoms with van der Waals surface area (Å²) in [7, 11) is 0. The average molecular weight is 221 g/mol. The first-order valence-corrected chi connectivity index (χ1v) is 5.73. The van der Waals surface area contributed by atoms with Crippen LogP contribution in [0.25, 0.3) is 0 Å². The zero-order valence-corrected chi connectivity index (χ0v) is 9.98. The third kappa shape index (κ3) is 3.93. The van der Waals surface area contributed by atoms with Crippen LogP contribution in [-0.2, 0) is 11.3 Å². The summed E-state index contributed by atoms with van der Waals surface area (Å²) in [6, 6.07) is 9.72. The Morgan fingerprint density at radius 2 is 1.94 bits per heavy atom. The molecule has 0 fully saturated rings. The summed E-state index contributed by atoms with van der Waals surface area (Å²) < 4.78 is 5.22. The molecule has 3 nitrogen and oxygen atoms in total. The second-order valence-corrected chi connectivity index (χ2v) is 3.62. The van der Waals surface area contributed by atoms with Gasteiger partial charge in [-0.2, -0.15) is 0 Å². The molecule has 0 aliphatic rings. The summed E-state index contributed by atoms with van der Waals surface area (Å²) in [6.07, 6.45) is 0.724. The average Bonchev–Trinajstić information content (AvgIpc) is 2.34. The largest absolute Gasteiger partial charge is 0.445 e. The molecule has 0 aromatic heterocycles. The summed E-state index contributed by atoms with van der Waals surface area (Å²) in [4.78, 5) is 13.4. The van der Waals surface area contributed by atoms with Crippen LogP contribution in [0.5, 0.6) is 0 Å². The van der Waals surface area contributed by atoms with Gasteiger partial charge in [0.25, 0.3) is 0 Å². The normalized spacial score (nSPS) is 9.88. The van der Waals surface area contributed by atoms with E-state index in [9.17, 15) is 4.79 Å². The minimum Gasteiger partial charge on any atom is -0.445 e. The lowest BCUT2D eigenvalue weighted by Gasteiger charge is -2.19. The topological polar surface area (TPSA) is 29.5 Å². The van der Waals surface area contributed by atoms with Gasteiger partial charge in [-0.05, 0) is 18.9 Å². The number of amides is 1. The van der Waals surface area contributed by atoms with Crippen molar-refractivity contribution in [3.05, 3.63) is 35.9 Å². The maximum atomic E-state index is 11.6. The van der Waals surface area contributed by atoms with E-state index in [1.165, 1.54) is 0 Å². The second-order valence-electron chi connectivity index (χ2n) is 3.62. The van der Waals surface area contributed by atoms with Crippen LogP contribution in [0.4, 0.5) is 4.79 Å². The van der Waals surface area contributed by atoms with E-state index in [1.54, 1.807) is 4.90 Å². The van der Waals surface area contributed by atoms with Crippen LogP contribution in [0.3, 0.4) is 0 Å². The highest BCUT2D eigenvalue weighted by molar-refractivity contribution is 5.67. The van der Waals surface area contributed by atoms with Gasteiger partial charge in [-0.1, -0.05) is 37.3 Å². The predicted molar refractivity (Wildman–Crippen MR) is 64.2 cm³/mol. The fourth-order valence-corrected chi connectivity index (χ4v) is 1.46. The van der Waals surface area contributed by atoms with E-state index in [1.807, 2.05) is 44.2 Å². The fraction of sp³-hybridized carbons (Fsp3) is 0.462. The van der Waals surface area contributed by atoms with Gasteiger partial charge in [0.15, 0.2) is 0 Å². The van der Waals surface area contributed by atoms with E-state index in [0.717, 1.165) is 18.5 Å². The minimum absolute atomic E-state index is 0.229.